The van der Waals surface area contributed by atoms with Crippen LogP contribution in [0.1, 0.15) is 12.0 Å². The molecule has 4 nitrogen and oxygen atoms in total. The first-order chi connectivity index (χ1) is 9.81. The fraction of sp³-hybridized carbons (Fsp3) is 0.533. The number of aliphatic hydroxyl groups is 1. The third-order valence-electron chi connectivity index (χ3n) is 3.69. The van der Waals surface area contributed by atoms with Crippen molar-refractivity contribution in [3.05, 3.63) is 34.6 Å². The third-order valence-corrected chi connectivity index (χ3v) is 4.04. The Bertz CT molecular complexity index is 518. The first-order valence-corrected chi connectivity index (χ1v) is 7.26. The molecule has 1 aromatic rings. The lowest BCUT2D eigenvalue weighted by molar-refractivity contribution is -0.130. The van der Waals surface area contributed by atoms with Crippen molar-refractivity contribution in [2.75, 3.05) is 33.7 Å². The van der Waals surface area contributed by atoms with Gasteiger partial charge in [-0.15, -0.1) is 0 Å². The van der Waals surface area contributed by atoms with E-state index >= 15 is 0 Å². The van der Waals surface area contributed by atoms with Crippen molar-refractivity contribution in [1.82, 2.24) is 9.80 Å². The van der Waals surface area contributed by atoms with Gasteiger partial charge in [0.2, 0.25) is 5.91 Å². The normalized spacial score (nSPS) is 22.1. The summed E-state index contributed by atoms with van der Waals surface area (Å²) in [7, 11) is 3.75. The van der Waals surface area contributed by atoms with Crippen LogP contribution >= 0.6 is 11.6 Å². The van der Waals surface area contributed by atoms with Gasteiger partial charge in [-0.25, -0.2) is 4.39 Å². The molecule has 6 heteroatoms. The number of carbonyl (C=O) groups excluding carboxylic acids is 1. The number of benzene rings is 1. The van der Waals surface area contributed by atoms with E-state index in [1.165, 1.54) is 12.1 Å². The Morgan fingerprint density at radius 1 is 1.52 bits per heavy atom. The lowest BCUT2D eigenvalue weighted by atomic mass is 10.0. The quantitative estimate of drug-likeness (QED) is 0.917. The molecular formula is C15H20ClFN2O2. The van der Waals surface area contributed by atoms with Crippen molar-refractivity contribution in [2.24, 2.45) is 0 Å². The van der Waals surface area contributed by atoms with Gasteiger partial charge in [0.1, 0.15) is 5.82 Å². The molecule has 0 aliphatic carbocycles. The molecule has 0 radical (unpaired) electrons. The van der Waals surface area contributed by atoms with E-state index < -0.39 is 11.4 Å². The molecule has 1 fully saturated rings. The maximum Gasteiger partial charge on any atom is 0.227 e. The van der Waals surface area contributed by atoms with Crippen LogP contribution in [0, 0.1) is 5.82 Å². The molecule has 1 amide bonds. The molecule has 1 aromatic carbocycles. The smallest absolute Gasteiger partial charge is 0.227 e. The van der Waals surface area contributed by atoms with Crippen LogP contribution in [0.5, 0.6) is 0 Å². The SMILES string of the molecule is CN(C)C[C@]1(O)CCN(C(=O)Cc2c(F)cccc2Cl)C1. The molecule has 0 spiro atoms. The Labute approximate surface area is 129 Å². The van der Waals surface area contributed by atoms with E-state index in [2.05, 4.69) is 0 Å². The number of halogens is 2. The summed E-state index contributed by atoms with van der Waals surface area (Å²) >= 11 is 5.94. The highest BCUT2D eigenvalue weighted by atomic mass is 35.5. The molecule has 2 rings (SSSR count). The first-order valence-electron chi connectivity index (χ1n) is 6.88. The second-order valence-electron chi connectivity index (χ2n) is 5.90. The van der Waals surface area contributed by atoms with Crippen molar-refractivity contribution >= 4 is 17.5 Å². The second kappa shape index (κ2) is 6.30. The summed E-state index contributed by atoms with van der Waals surface area (Å²) in [6.07, 6.45) is 0.450. The zero-order chi connectivity index (χ0) is 15.6. The van der Waals surface area contributed by atoms with Crippen LogP contribution in [0.25, 0.3) is 0 Å². The van der Waals surface area contributed by atoms with Gasteiger partial charge in [-0.3, -0.25) is 4.79 Å². The molecule has 0 unspecified atom stereocenters. The number of amides is 1. The highest BCUT2D eigenvalue weighted by Gasteiger charge is 2.38. The van der Waals surface area contributed by atoms with Gasteiger partial charge in [0.25, 0.3) is 0 Å². The molecule has 1 heterocycles. The number of hydrogen-bond acceptors (Lipinski definition) is 3. The van der Waals surface area contributed by atoms with E-state index in [-0.39, 0.29) is 29.5 Å². The molecule has 1 saturated heterocycles. The van der Waals surface area contributed by atoms with Gasteiger partial charge in [-0.2, -0.15) is 0 Å². The zero-order valence-corrected chi connectivity index (χ0v) is 13.0. The first kappa shape index (κ1) is 16.2. The summed E-state index contributed by atoms with van der Waals surface area (Å²) in [5.41, 5.74) is -0.676. The Kier molecular flexibility index (Phi) is 4.86. The van der Waals surface area contributed by atoms with Gasteiger partial charge in [0, 0.05) is 23.7 Å². The van der Waals surface area contributed by atoms with Gasteiger partial charge in [-0.05, 0) is 32.6 Å². The van der Waals surface area contributed by atoms with Crippen molar-refractivity contribution in [3.8, 4) is 0 Å². The van der Waals surface area contributed by atoms with Crippen molar-refractivity contribution in [1.29, 1.82) is 0 Å². The highest BCUT2D eigenvalue weighted by molar-refractivity contribution is 6.31. The number of likely N-dealkylation sites (tertiary alicyclic amines) is 1. The summed E-state index contributed by atoms with van der Waals surface area (Å²) in [5, 5.41) is 10.7. The standard InChI is InChI=1S/C15H20ClFN2O2/c1-18(2)9-15(21)6-7-19(10-15)14(20)8-11-12(16)4-3-5-13(11)17/h3-5,21H,6-10H2,1-2H3/t15-/m1/s1. The Hall–Kier alpha value is -1.17. The fourth-order valence-electron chi connectivity index (χ4n) is 2.75. The topological polar surface area (TPSA) is 43.8 Å². The fourth-order valence-corrected chi connectivity index (χ4v) is 2.98. The number of rotatable bonds is 4. The summed E-state index contributed by atoms with van der Waals surface area (Å²) < 4.78 is 13.7. The molecule has 1 N–H and O–H groups in total. The lowest BCUT2D eigenvalue weighted by Gasteiger charge is -2.26. The van der Waals surface area contributed by atoms with Crippen LogP contribution in [-0.2, 0) is 11.2 Å². The zero-order valence-electron chi connectivity index (χ0n) is 12.3. The molecular weight excluding hydrogens is 295 g/mol. The Morgan fingerprint density at radius 2 is 2.24 bits per heavy atom. The van der Waals surface area contributed by atoms with Gasteiger partial charge >= 0.3 is 0 Å². The van der Waals surface area contributed by atoms with Crippen LogP contribution in [-0.4, -0.2) is 60.1 Å². The van der Waals surface area contributed by atoms with E-state index in [4.69, 9.17) is 11.6 Å². The average molecular weight is 315 g/mol. The maximum atomic E-state index is 13.7. The summed E-state index contributed by atoms with van der Waals surface area (Å²) in [5.74, 6) is -0.685. The molecule has 1 aliphatic rings. The van der Waals surface area contributed by atoms with Crippen molar-refractivity contribution in [2.45, 2.75) is 18.4 Å². The minimum Gasteiger partial charge on any atom is -0.387 e. The number of likely N-dealkylation sites (N-methyl/N-ethyl adjacent to an activating group) is 1. The predicted molar refractivity (Wildman–Crippen MR) is 79.8 cm³/mol. The molecule has 0 saturated carbocycles. The minimum absolute atomic E-state index is 0.0798. The summed E-state index contributed by atoms with van der Waals surface area (Å²) in [6.45, 7) is 1.25. The van der Waals surface area contributed by atoms with Crippen LogP contribution in [0.15, 0.2) is 18.2 Å². The monoisotopic (exact) mass is 314 g/mol. The van der Waals surface area contributed by atoms with Crippen LogP contribution in [0.2, 0.25) is 5.02 Å². The molecule has 1 atom stereocenters. The van der Waals surface area contributed by atoms with Crippen molar-refractivity contribution in [3.63, 3.8) is 0 Å². The maximum absolute atomic E-state index is 13.7. The summed E-state index contributed by atoms with van der Waals surface area (Å²) in [6, 6.07) is 4.37. The predicted octanol–water partition coefficient (Wildman–Crippen LogP) is 1.55. The van der Waals surface area contributed by atoms with E-state index in [0.29, 0.717) is 19.5 Å². The molecule has 1 aliphatic heterocycles. The van der Waals surface area contributed by atoms with E-state index in [1.807, 2.05) is 19.0 Å². The summed E-state index contributed by atoms with van der Waals surface area (Å²) in [4.78, 5) is 15.7. The van der Waals surface area contributed by atoms with E-state index in [9.17, 15) is 14.3 Å². The molecule has 116 valence electrons. The van der Waals surface area contributed by atoms with E-state index in [1.54, 1.807) is 11.0 Å². The van der Waals surface area contributed by atoms with Gasteiger partial charge in [0.15, 0.2) is 0 Å². The number of β-amino-alcohol motifs (C(OH)–C–C–N with tert-alkyl or cyclic N) is 1. The number of carbonyl (C=O) groups is 1. The minimum atomic E-state index is -0.891. The van der Waals surface area contributed by atoms with E-state index in [0.717, 1.165) is 0 Å². The molecule has 0 aromatic heterocycles. The molecule has 0 bridgehead atoms. The lowest BCUT2D eigenvalue weighted by Crippen LogP contribution is -2.43. The Morgan fingerprint density at radius 3 is 2.86 bits per heavy atom. The third kappa shape index (κ3) is 3.93. The second-order valence-corrected chi connectivity index (χ2v) is 6.31. The number of hydrogen-bond donors (Lipinski definition) is 1. The average Bonchev–Trinajstić information content (AvgIpc) is 2.75. The van der Waals surface area contributed by atoms with Crippen LogP contribution in [0.3, 0.4) is 0 Å². The Balaban J connectivity index is 2.02. The largest absolute Gasteiger partial charge is 0.387 e. The van der Waals surface area contributed by atoms with Gasteiger partial charge < -0.3 is 14.9 Å². The van der Waals surface area contributed by atoms with Crippen LogP contribution in [0.4, 0.5) is 4.39 Å². The van der Waals surface area contributed by atoms with Crippen LogP contribution < -0.4 is 0 Å². The van der Waals surface area contributed by atoms with Gasteiger partial charge in [0.05, 0.1) is 18.6 Å². The van der Waals surface area contributed by atoms with Gasteiger partial charge in [-0.1, -0.05) is 17.7 Å². The number of nitrogens with zero attached hydrogens (tertiary/aromatic N) is 2. The highest BCUT2D eigenvalue weighted by Crippen LogP contribution is 2.25. The van der Waals surface area contributed by atoms with Crippen molar-refractivity contribution < 1.29 is 14.3 Å². The molecule has 21 heavy (non-hydrogen) atoms.